The first-order valence-corrected chi connectivity index (χ1v) is 9.45. The number of hydrogen-bond acceptors (Lipinski definition) is 2. The standard InChI is InChI=1S/C22H25N3/c1-2-6-10-17(9-5-1)21-15-19(13-14-23-21)20-16-24-25-22(20)18-11-7-3-4-8-12-18/h3-4,7,11-17H,1-2,5-6,8-10H2,(H,24,25). The Morgan fingerprint density at radius 3 is 2.80 bits per heavy atom. The minimum Gasteiger partial charge on any atom is -0.277 e. The number of nitrogens with one attached hydrogen (secondary N) is 1. The van der Waals surface area contributed by atoms with E-state index in [2.05, 4.69) is 52.7 Å². The van der Waals surface area contributed by atoms with Crippen molar-refractivity contribution >= 4 is 5.57 Å². The van der Waals surface area contributed by atoms with E-state index in [0.29, 0.717) is 5.92 Å². The first-order valence-electron chi connectivity index (χ1n) is 9.45. The molecule has 0 amide bonds. The molecular formula is C22H25N3. The van der Waals surface area contributed by atoms with E-state index in [0.717, 1.165) is 17.7 Å². The molecule has 3 nitrogen and oxygen atoms in total. The van der Waals surface area contributed by atoms with Gasteiger partial charge < -0.3 is 0 Å². The van der Waals surface area contributed by atoms with Crippen LogP contribution in [0.15, 0.2) is 54.9 Å². The number of aromatic amines is 1. The van der Waals surface area contributed by atoms with Crippen molar-refractivity contribution in [3.05, 3.63) is 66.3 Å². The van der Waals surface area contributed by atoms with Gasteiger partial charge in [0.05, 0.1) is 11.9 Å². The van der Waals surface area contributed by atoms with E-state index in [-0.39, 0.29) is 0 Å². The SMILES string of the molecule is C1=CCC=C(c2[nH]ncc2-c2ccnc(C3CCCCCC3)c2)C=C1. The fourth-order valence-electron chi connectivity index (χ4n) is 3.90. The molecule has 0 aromatic carbocycles. The maximum absolute atomic E-state index is 4.70. The Hall–Kier alpha value is -2.42. The van der Waals surface area contributed by atoms with Crippen LogP contribution < -0.4 is 0 Å². The van der Waals surface area contributed by atoms with E-state index in [1.807, 2.05) is 12.4 Å². The molecule has 0 aliphatic heterocycles. The number of hydrogen-bond donors (Lipinski definition) is 1. The minimum absolute atomic E-state index is 0.610. The Kier molecular flexibility index (Phi) is 4.91. The molecule has 2 aliphatic carbocycles. The molecule has 1 N–H and O–H groups in total. The first-order chi connectivity index (χ1) is 12.4. The lowest BCUT2D eigenvalue weighted by atomic mass is 9.93. The fourth-order valence-corrected chi connectivity index (χ4v) is 3.90. The average molecular weight is 331 g/mol. The summed E-state index contributed by atoms with van der Waals surface area (Å²) >= 11 is 0. The van der Waals surface area contributed by atoms with Crippen LogP contribution in [0.2, 0.25) is 0 Å². The van der Waals surface area contributed by atoms with Crippen molar-refractivity contribution in [2.75, 3.05) is 0 Å². The molecule has 1 fully saturated rings. The number of rotatable bonds is 3. The Morgan fingerprint density at radius 1 is 1.04 bits per heavy atom. The summed E-state index contributed by atoms with van der Waals surface area (Å²) in [7, 11) is 0. The van der Waals surface area contributed by atoms with Gasteiger partial charge in [0.25, 0.3) is 0 Å². The van der Waals surface area contributed by atoms with E-state index >= 15 is 0 Å². The van der Waals surface area contributed by atoms with Crippen molar-refractivity contribution in [3.8, 4) is 11.1 Å². The van der Waals surface area contributed by atoms with E-state index in [4.69, 9.17) is 4.98 Å². The molecule has 3 heteroatoms. The molecule has 0 bridgehead atoms. The first kappa shape index (κ1) is 16.1. The van der Waals surface area contributed by atoms with Crippen molar-refractivity contribution in [1.82, 2.24) is 15.2 Å². The van der Waals surface area contributed by atoms with Crippen molar-refractivity contribution < 1.29 is 0 Å². The molecule has 0 spiro atoms. The summed E-state index contributed by atoms with van der Waals surface area (Å²) in [5.41, 5.74) is 5.92. The zero-order valence-corrected chi connectivity index (χ0v) is 14.6. The highest BCUT2D eigenvalue weighted by molar-refractivity contribution is 5.83. The highest BCUT2D eigenvalue weighted by Gasteiger charge is 2.17. The normalized spacial score (nSPS) is 18.6. The van der Waals surface area contributed by atoms with Crippen LogP contribution in [-0.4, -0.2) is 15.2 Å². The van der Waals surface area contributed by atoms with Crippen molar-refractivity contribution in [1.29, 1.82) is 0 Å². The van der Waals surface area contributed by atoms with Gasteiger partial charge >= 0.3 is 0 Å². The number of allylic oxidation sites excluding steroid dienone is 6. The number of nitrogens with zero attached hydrogens (tertiary/aromatic N) is 2. The summed E-state index contributed by atoms with van der Waals surface area (Å²) in [5, 5.41) is 7.51. The second kappa shape index (κ2) is 7.64. The smallest absolute Gasteiger partial charge is 0.0725 e. The molecule has 2 aromatic heterocycles. The van der Waals surface area contributed by atoms with Gasteiger partial charge in [-0.25, -0.2) is 0 Å². The van der Waals surface area contributed by atoms with Gasteiger partial charge in [-0.2, -0.15) is 5.10 Å². The van der Waals surface area contributed by atoms with Gasteiger partial charge in [0, 0.05) is 23.4 Å². The second-order valence-corrected chi connectivity index (χ2v) is 7.00. The van der Waals surface area contributed by atoms with Crippen LogP contribution in [0.3, 0.4) is 0 Å². The zero-order chi connectivity index (χ0) is 16.9. The van der Waals surface area contributed by atoms with Gasteiger partial charge in [-0.05, 0) is 42.5 Å². The molecule has 0 unspecified atom stereocenters. The Morgan fingerprint density at radius 2 is 1.92 bits per heavy atom. The van der Waals surface area contributed by atoms with Crippen LogP contribution >= 0.6 is 0 Å². The lowest BCUT2D eigenvalue weighted by molar-refractivity contribution is 0.578. The van der Waals surface area contributed by atoms with Crippen molar-refractivity contribution in [3.63, 3.8) is 0 Å². The topological polar surface area (TPSA) is 41.6 Å². The van der Waals surface area contributed by atoms with Crippen LogP contribution in [0.5, 0.6) is 0 Å². The highest BCUT2D eigenvalue weighted by atomic mass is 15.1. The minimum atomic E-state index is 0.610. The van der Waals surface area contributed by atoms with E-state index in [9.17, 15) is 0 Å². The zero-order valence-electron chi connectivity index (χ0n) is 14.6. The molecule has 0 atom stereocenters. The van der Waals surface area contributed by atoms with E-state index < -0.39 is 0 Å². The molecule has 2 aliphatic rings. The molecule has 25 heavy (non-hydrogen) atoms. The van der Waals surface area contributed by atoms with Crippen LogP contribution in [0, 0.1) is 0 Å². The molecule has 0 radical (unpaired) electrons. The van der Waals surface area contributed by atoms with Gasteiger partial charge in [-0.3, -0.25) is 10.1 Å². The monoisotopic (exact) mass is 331 g/mol. The molecule has 2 aromatic rings. The third-order valence-corrected chi connectivity index (χ3v) is 5.29. The molecular weight excluding hydrogens is 306 g/mol. The predicted molar refractivity (Wildman–Crippen MR) is 103 cm³/mol. The summed E-state index contributed by atoms with van der Waals surface area (Å²) in [6, 6.07) is 4.39. The van der Waals surface area contributed by atoms with Crippen LogP contribution in [0.25, 0.3) is 16.7 Å². The van der Waals surface area contributed by atoms with Crippen molar-refractivity contribution in [2.24, 2.45) is 0 Å². The van der Waals surface area contributed by atoms with Crippen LogP contribution in [-0.2, 0) is 0 Å². The van der Waals surface area contributed by atoms with Gasteiger partial charge in [-0.1, -0.05) is 56.1 Å². The highest BCUT2D eigenvalue weighted by Crippen LogP contribution is 2.34. The largest absolute Gasteiger partial charge is 0.277 e. The molecule has 128 valence electrons. The summed E-state index contributed by atoms with van der Waals surface area (Å²) < 4.78 is 0. The summed E-state index contributed by atoms with van der Waals surface area (Å²) in [4.78, 5) is 4.70. The maximum Gasteiger partial charge on any atom is 0.0725 e. The lowest BCUT2D eigenvalue weighted by Crippen LogP contribution is -2.00. The average Bonchev–Trinajstić information content (AvgIpc) is 2.85. The quantitative estimate of drug-likeness (QED) is 0.721. The molecule has 4 rings (SSSR count). The Balaban J connectivity index is 1.66. The summed E-state index contributed by atoms with van der Waals surface area (Å²) in [6.07, 6.45) is 23.5. The maximum atomic E-state index is 4.70. The predicted octanol–water partition coefficient (Wildman–Crippen LogP) is 5.81. The lowest BCUT2D eigenvalue weighted by Gasteiger charge is -2.14. The summed E-state index contributed by atoms with van der Waals surface area (Å²) in [5.74, 6) is 0.610. The Bertz CT molecular complexity index is 802. The third kappa shape index (κ3) is 3.65. The number of aromatic nitrogens is 3. The van der Waals surface area contributed by atoms with E-state index in [1.54, 1.807) is 0 Å². The van der Waals surface area contributed by atoms with Gasteiger partial charge in [0.15, 0.2) is 0 Å². The third-order valence-electron chi connectivity index (χ3n) is 5.29. The number of pyridine rings is 1. The number of H-pyrrole nitrogens is 1. The summed E-state index contributed by atoms with van der Waals surface area (Å²) in [6.45, 7) is 0. The van der Waals surface area contributed by atoms with Gasteiger partial charge in [0.1, 0.15) is 0 Å². The van der Waals surface area contributed by atoms with E-state index in [1.165, 1.54) is 55.4 Å². The van der Waals surface area contributed by atoms with Crippen LogP contribution in [0.4, 0.5) is 0 Å². The van der Waals surface area contributed by atoms with Crippen LogP contribution in [0.1, 0.15) is 62.3 Å². The Labute approximate surface area is 149 Å². The molecule has 2 heterocycles. The fraction of sp³-hybridized carbons (Fsp3) is 0.364. The van der Waals surface area contributed by atoms with Crippen molar-refractivity contribution in [2.45, 2.75) is 50.9 Å². The van der Waals surface area contributed by atoms with Gasteiger partial charge in [-0.15, -0.1) is 0 Å². The molecule has 0 saturated heterocycles. The van der Waals surface area contributed by atoms with Gasteiger partial charge in [0.2, 0.25) is 0 Å². The second-order valence-electron chi connectivity index (χ2n) is 7.00. The molecule has 1 saturated carbocycles.